The third-order valence-electron chi connectivity index (χ3n) is 2.07. The molecule has 0 aliphatic rings. The first-order chi connectivity index (χ1) is 7.00. The van der Waals surface area contributed by atoms with Gasteiger partial charge in [-0.05, 0) is 16.8 Å². The van der Waals surface area contributed by atoms with E-state index < -0.39 is 12.3 Å². The van der Waals surface area contributed by atoms with E-state index in [1.165, 1.54) is 11.4 Å². The van der Waals surface area contributed by atoms with Crippen LogP contribution in [-0.2, 0) is 0 Å². The molecule has 2 rings (SSSR count). The van der Waals surface area contributed by atoms with E-state index in [4.69, 9.17) is 0 Å². The zero-order valence-electron chi connectivity index (χ0n) is 7.38. The summed E-state index contributed by atoms with van der Waals surface area (Å²) in [4.78, 5) is 0. The first-order valence-electron chi connectivity index (χ1n) is 4.17. The van der Waals surface area contributed by atoms with Crippen LogP contribution in [0.3, 0.4) is 0 Å². The molecule has 0 aliphatic heterocycles. The molecule has 1 aromatic carbocycles. The number of halogens is 4. The van der Waals surface area contributed by atoms with Crippen LogP contribution in [0.1, 0.15) is 11.7 Å². The monoisotopic (exact) mass is 234 g/mol. The maximum absolute atomic E-state index is 13.1. The van der Waals surface area contributed by atoms with Gasteiger partial charge in [0.25, 0.3) is 0 Å². The summed E-state index contributed by atoms with van der Waals surface area (Å²) in [5, 5.41) is 1.57. The minimum atomic E-state index is -4.83. The van der Waals surface area contributed by atoms with Gasteiger partial charge in [0, 0.05) is 10.3 Å². The fraction of sp³-hybridized carbons (Fsp3) is 0.200. The van der Waals surface area contributed by atoms with Crippen LogP contribution in [0.5, 0.6) is 0 Å². The zero-order valence-corrected chi connectivity index (χ0v) is 8.20. The van der Waals surface area contributed by atoms with E-state index in [9.17, 15) is 17.6 Å². The molecule has 0 spiro atoms. The van der Waals surface area contributed by atoms with Crippen LogP contribution >= 0.6 is 11.3 Å². The van der Waals surface area contributed by atoms with E-state index in [0.29, 0.717) is 10.1 Å². The highest BCUT2D eigenvalue weighted by molar-refractivity contribution is 7.17. The molecule has 0 radical (unpaired) electrons. The van der Waals surface area contributed by atoms with Crippen molar-refractivity contribution in [3.05, 3.63) is 35.2 Å². The van der Waals surface area contributed by atoms with Crippen LogP contribution in [0, 0.1) is 0 Å². The summed E-state index contributed by atoms with van der Waals surface area (Å²) >= 11 is 1.12. The van der Waals surface area contributed by atoms with Gasteiger partial charge in [-0.25, -0.2) is 4.39 Å². The first-order valence-corrected chi connectivity index (χ1v) is 5.05. The number of hydrogen-bond donors (Lipinski definition) is 0. The molecule has 0 nitrogen and oxygen atoms in total. The Morgan fingerprint density at radius 3 is 2.47 bits per heavy atom. The van der Waals surface area contributed by atoms with Crippen molar-refractivity contribution in [1.29, 1.82) is 0 Å². The van der Waals surface area contributed by atoms with Gasteiger partial charge in [0.05, 0.1) is 0 Å². The second-order valence-electron chi connectivity index (χ2n) is 3.09. The standard InChI is InChI=1S/C10H6F4S/c11-9(10(12,13)14)7-5-15-8-4-2-1-3-6(7)8/h1-5,9H. The number of thiophene rings is 1. The Balaban J connectivity index is 2.53. The first kappa shape index (κ1) is 10.4. The van der Waals surface area contributed by atoms with Gasteiger partial charge < -0.3 is 0 Å². The molecule has 0 N–H and O–H groups in total. The Hall–Kier alpha value is -1.10. The van der Waals surface area contributed by atoms with Gasteiger partial charge in [-0.3, -0.25) is 0 Å². The number of hydrogen-bond acceptors (Lipinski definition) is 1. The van der Waals surface area contributed by atoms with Crippen molar-refractivity contribution in [3.8, 4) is 0 Å². The summed E-state index contributed by atoms with van der Waals surface area (Å²) in [5.74, 6) is 0. The van der Waals surface area contributed by atoms with E-state index in [-0.39, 0.29) is 5.56 Å². The lowest BCUT2D eigenvalue weighted by molar-refractivity contribution is -0.182. The second-order valence-corrected chi connectivity index (χ2v) is 4.00. The van der Waals surface area contributed by atoms with Crippen LogP contribution in [0.4, 0.5) is 17.6 Å². The number of benzene rings is 1. The van der Waals surface area contributed by atoms with Crippen molar-refractivity contribution in [1.82, 2.24) is 0 Å². The summed E-state index contributed by atoms with van der Waals surface area (Å²) in [7, 11) is 0. The predicted octanol–water partition coefficient (Wildman–Crippen LogP) is 4.47. The largest absolute Gasteiger partial charge is 0.423 e. The average Bonchev–Trinajstić information content (AvgIpc) is 2.58. The minimum absolute atomic E-state index is 0.289. The molecule has 5 heteroatoms. The van der Waals surface area contributed by atoms with Crippen molar-refractivity contribution in [2.75, 3.05) is 0 Å². The molecule has 1 unspecified atom stereocenters. The molecular weight excluding hydrogens is 228 g/mol. The third kappa shape index (κ3) is 1.84. The smallest absolute Gasteiger partial charge is 0.232 e. The Bertz CT molecular complexity index is 471. The molecular formula is C10H6F4S. The summed E-state index contributed by atoms with van der Waals surface area (Å²) in [5.41, 5.74) is -0.289. The molecule has 15 heavy (non-hydrogen) atoms. The van der Waals surface area contributed by atoms with Crippen LogP contribution < -0.4 is 0 Å². The summed E-state index contributed by atoms with van der Waals surface area (Å²) in [6.07, 6.45) is -7.72. The molecule has 0 saturated heterocycles. The Morgan fingerprint density at radius 1 is 1.13 bits per heavy atom. The second kappa shape index (κ2) is 3.48. The average molecular weight is 234 g/mol. The highest BCUT2D eigenvalue weighted by atomic mass is 32.1. The molecule has 0 amide bonds. The van der Waals surface area contributed by atoms with Crippen LogP contribution in [0.2, 0.25) is 0 Å². The van der Waals surface area contributed by atoms with E-state index >= 15 is 0 Å². The fourth-order valence-electron chi connectivity index (χ4n) is 1.37. The van der Waals surface area contributed by atoms with Gasteiger partial charge in [0.1, 0.15) is 0 Å². The van der Waals surface area contributed by atoms with Crippen molar-refractivity contribution in [2.24, 2.45) is 0 Å². The zero-order chi connectivity index (χ0) is 11.1. The summed E-state index contributed by atoms with van der Waals surface area (Å²) < 4.78 is 50.3. The molecule has 0 fully saturated rings. The van der Waals surface area contributed by atoms with Crippen LogP contribution in [0.25, 0.3) is 10.1 Å². The van der Waals surface area contributed by atoms with E-state index in [1.54, 1.807) is 18.2 Å². The van der Waals surface area contributed by atoms with Gasteiger partial charge in [-0.2, -0.15) is 13.2 Å². The topological polar surface area (TPSA) is 0 Å². The normalized spacial score (nSPS) is 14.4. The lowest BCUT2D eigenvalue weighted by Gasteiger charge is -2.11. The molecule has 2 aromatic rings. The molecule has 1 atom stereocenters. The summed E-state index contributed by atoms with van der Waals surface area (Å²) in [6.45, 7) is 0. The molecule has 1 aromatic heterocycles. The highest BCUT2D eigenvalue weighted by Crippen LogP contribution is 2.41. The highest BCUT2D eigenvalue weighted by Gasteiger charge is 2.42. The van der Waals surface area contributed by atoms with Crippen molar-refractivity contribution in [2.45, 2.75) is 12.3 Å². The van der Waals surface area contributed by atoms with Gasteiger partial charge in [-0.1, -0.05) is 18.2 Å². The lowest BCUT2D eigenvalue weighted by Crippen LogP contribution is -2.16. The molecule has 80 valence electrons. The minimum Gasteiger partial charge on any atom is -0.232 e. The number of rotatable bonds is 1. The molecule has 0 aliphatic carbocycles. The number of fused-ring (bicyclic) bond motifs is 1. The number of alkyl halides is 4. The van der Waals surface area contributed by atoms with Gasteiger partial charge in [0.15, 0.2) is 0 Å². The van der Waals surface area contributed by atoms with E-state index in [0.717, 1.165) is 11.3 Å². The van der Waals surface area contributed by atoms with Crippen LogP contribution in [-0.4, -0.2) is 6.18 Å². The maximum atomic E-state index is 13.1. The molecule has 0 saturated carbocycles. The van der Waals surface area contributed by atoms with Gasteiger partial charge in [-0.15, -0.1) is 11.3 Å². The molecule has 0 bridgehead atoms. The van der Waals surface area contributed by atoms with Crippen LogP contribution in [0.15, 0.2) is 29.6 Å². The maximum Gasteiger partial charge on any atom is 0.423 e. The lowest BCUT2D eigenvalue weighted by atomic mass is 10.1. The third-order valence-corrected chi connectivity index (χ3v) is 3.05. The Kier molecular flexibility index (Phi) is 2.42. The van der Waals surface area contributed by atoms with Gasteiger partial charge in [0.2, 0.25) is 6.17 Å². The Labute approximate surface area is 87.1 Å². The quantitative estimate of drug-likeness (QED) is 0.638. The molecule has 1 heterocycles. The Morgan fingerprint density at radius 2 is 1.80 bits per heavy atom. The predicted molar refractivity (Wildman–Crippen MR) is 51.7 cm³/mol. The van der Waals surface area contributed by atoms with Gasteiger partial charge >= 0.3 is 6.18 Å². The van der Waals surface area contributed by atoms with Crippen molar-refractivity contribution < 1.29 is 17.6 Å². The van der Waals surface area contributed by atoms with Crippen molar-refractivity contribution in [3.63, 3.8) is 0 Å². The van der Waals surface area contributed by atoms with E-state index in [2.05, 4.69) is 0 Å². The van der Waals surface area contributed by atoms with Crippen molar-refractivity contribution >= 4 is 21.4 Å². The SMILES string of the molecule is FC(c1csc2ccccc12)C(F)(F)F. The fourth-order valence-corrected chi connectivity index (χ4v) is 2.34. The van der Waals surface area contributed by atoms with E-state index in [1.807, 2.05) is 0 Å². The summed E-state index contributed by atoms with van der Waals surface area (Å²) in [6, 6.07) is 6.48.